The van der Waals surface area contributed by atoms with E-state index in [0.717, 1.165) is 37.0 Å². The minimum absolute atomic E-state index is 0.0468. The molecule has 0 aromatic heterocycles. The Bertz CT molecular complexity index is 569. The van der Waals surface area contributed by atoms with Gasteiger partial charge in [-0.25, -0.2) is 4.79 Å². The Hall–Kier alpha value is -1.52. The number of rotatable bonds is 3. The summed E-state index contributed by atoms with van der Waals surface area (Å²) in [4.78, 5) is 15.3. The summed E-state index contributed by atoms with van der Waals surface area (Å²) in [6.07, 6.45) is 2.76. The SMILES string of the molecule is CN1CCN(c2c(Cl)cccc2/C=C/C(=O)O)CC1(C)C. The van der Waals surface area contributed by atoms with Crippen molar-refractivity contribution in [1.82, 2.24) is 4.90 Å². The molecule has 0 atom stereocenters. The lowest BCUT2D eigenvalue weighted by atomic mass is 9.98. The van der Waals surface area contributed by atoms with Crippen molar-refractivity contribution >= 4 is 29.3 Å². The van der Waals surface area contributed by atoms with Gasteiger partial charge in [-0.05, 0) is 38.6 Å². The number of carbonyl (C=O) groups is 1. The minimum atomic E-state index is -0.959. The van der Waals surface area contributed by atoms with Gasteiger partial charge in [0.25, 0.3) is 0 Å². The number of anilines is 1. The molecule has 0 spiro atoms. The van der Waals surface area contributed by atoms with Crippen molar-refractivity contribution in [2.45, 2.75) is 19.4 Å². The summed E-state index contributed by atoms with van der Waals surface area (Å²) >= 11 is 6.37. The molecule has 114 valence electrons. The molecular weight excluding hydrogens is 288 g/mol. The first kappa shape index (κ1) is 15.9. The van der Waals surface area contributed by atoms with Crippen LogP contribution in [0.2, 0.25) is 5.02 Å². The van der Waals surface area contributed by atoms with E-state index in [9.17, 15) is 4.79 Å². The highest BCUT2D eigenvalue weighted by atomic mass is 35.5. The summed E-state index contributed by atoms with van der Waals surface area (Å²) in [7, 11) is 2.12. The van der Waals surface area contributed by atoms with E-state index in [4.69, 9.17) is 16.7 Å². The molecule has 21 heavy (non-hydrogen) atoms. The Morgan fingerprint density at radius 3 is 2.71 bits per heavy atom. The van der Waals surface area contributed by atoms with Gasteiger partial charge >= 0.3 is 5.97 Å². The van der Waals surface area contributed by atoms with Gasteiger partial charge in [-0.3, -0.25) is 4.90 Å². The zero-order valence-electron chi connectivity index (χ0n) is 12.6. The van der Waals surface area contributed by atoms with Crippen molar-refractivity contribution in [3.8, 4) is 0 Å². The molecule has 4 nitrogen and oxygen atoms in total. The fourth-order valence-corrected chi connectivity index (χ4v) is 2.89. The third kappa shape index (κ3) is 3.57. The topological polar surface area (TPSA) is 43.8 Å². The van der Waals surface area contributed by atoms with Crippen LogP contribution in [0.4, 0.5) is 5.69 Å². The van der Waals surface area contributed by atoms with Crippen LogP contribution in [0.5, 0.6) is 0 Å². The van der Waals surface area contributed by atoms with E-state index < -0.39 is 5.97 Å². The Morgan fingerprint density at radius 2 is 2.10 bits per heavy atom. The van der Waals surface area contributed by atoms with Crippen LogP contribution in [-0.2, 0) is 4.79 Å². The first-order valence-corrected chi connectivity index (χ1v) is 7.35. The third-order valence-electron chi connectivity index (χ3n) is 4.06. The Balaban J connectivity index is 2.37. The summed E-state index contributed by atoms with van der Waals surface area (Å²) in [5, 5.41) is 9.48. The number of likely N-dealkylation sites (N-methyl/N-ethyl adjacent to an activating group) is 1. The lowest BCUT2D eigenvalue weighted by Crippen LogP contribution is -2.57. The van der Waals surface area contributed by atoms with Gasteiger partial charge in [0.05, 0.1) is 10.7 Å². The average Bonchev–Trinajstić information content (AvgIpc) is 2.39. The lowest BCUT2D eigenvalue weighted by molar-refractivity contribution is -0.131. The van der Waals surface area contributed by atoms with Gasteiger partial charge in [-0.2, -0.15) is 0 Å². The predicted molar refractivity (Wildman–Crippen MR) is 87.0 cm³/mol. The van der Waals surface area contributed by atoms with Crippen LogP contribution in [0.15, 0.2) is 24.3 Å². The number of para-hydroxylation sites is 1. The second kappa shape index (κ2) is 6.08. The van der Waals surface area contributed by atoms with Gasteiger partial charge in [0.1, 0.15) is 0 Å². The van der Waals surface area contributed by atoms with Crippen LogP contribution in [0.1, 0.15) is 19.4 Å². The monoisotopic (exact) mass is 308 g/mol. The highest BCUT2D eigenvalue weighted by molar-refractivity contribution is 6.33. The molecule has 0 amide bonds. The molecule has 1 aliphatic rings. The average molecular weight is 309 g/mol. The molecule has 0 bridgehead atoms. The zero-order chi connectivity index (χ0) is 15.6. The van der Waals surface area contributed by atoms with Crippen LogP contribution in [-0.4, -0.2) is 48.2 Å². The van der Waals surface area contributed by atoms with E-state index in [-0.39, 0.29) is 5.54 Å². The van der Waals surface area contributed by atoms with Crippen molar-refractivity contribution in [1.29, 1.82) is 0 Å². The lowest BCUT2D eigenvalue weighted by Gasteiger charge is -2.46. The first-order chi connectivity index (χ1) is 9.81. The number of piperazine rings is 1. The molecule has 1 fully saturated rings. The van der Waals surface area contributed by atoms with Crippen molar-refractivity contribution in [2.24, 2.45) is 0 Å². The van der Waals surface area contributed by atoms with Crippen molar-refractivity contribution in [2.75, 3.05) is 31.6 Å². The fourth-order valence-electron chi connectivity index (χ4n) is 2.59. The highest BCUT2D eigenvalue weighted by Gasteiger charge is 2.32. The Labute approximate surface area is 130 Å². The number of carboxylic acids is 1. The predicted octanol–water partition coefficient (Wildman–Crippen LogP) is 2.97. The van der Waals surface area contributed by atoms with Crippen LogP contribution >= 0.6 is 11.6 Å². The van der Waals surface area contributed by atoms with Gasteiger partial charge in [0, 0.05) is 31.2 Å². The van der Waals surface area contributed by atoms with Crippen molar-refractivity contribution in [3.63, 3.8) is 0 Å². The largest absolute Gasteiger partial charge is 0.478 e. The molecular formula is C16H21ClN2O2. The van der Waals surface area contributed by atoms with E-state index in [1.54, 1.807) is 6.08 Å². The van der Waals surface area contributed by atoms with Gasteiger partial charge in [0.2, 0.25) is 0 Å². The van der Waals surface area contributed by atoms with Gasteiger partial charge in [0.15, 0.2) is 0 Å². The summed E-state index contributed by atoms with van der Waals surface area (Å²) in [6, 6.07) is 5.58. The van der Waals surface area contributed by atoms with Gasteiger partial charge in [-0.1, -0.05) is 23.7 Å². The molecule has 1 aromatic rings. The molecule has 1 saturated heterocycles. The van der Waals surface area contributed by atoms with Crippen LogP contribution in [0.3, 0.4) is 0 Å². The number of carboxylic acid groups (broad SMARTS) is 1. The van der Waals surface area contributed by atoms with Crippen molar-refractivity contribution in [3.05, 3.63) is 34.9 Å². The molecule has 0 unspecified atom stereocenters. The maximum absolute atomic E-state index is 10.8. The van der Waals surface area contributed by atoms with E-state index >= 15 is 0 Å². The quantitative estimate of drug-likeness (QED) is 0.872. The van der Waals surface area contributed by atoms with Crippen LogP contribution in [0.25, 0.3) is 6.08 Å². The van der Waals surface area contributed by atoms with Gasteiger partial charge in [-0.15, -0.1) is 0 Å². The second-order valence-electron chi connectivity index (χ2n) is 6.00. The molecule has 0 saturated carbocycles. The summed E-state index contributed by atoms with van der Waals surface area (Å²) in [6.45, 7) is 7.06. The molecule has 5 heteroatoms. The zero-order valence-corrected chi connectivity index (χ0v) is 13.4. The summed E-state index contributed by atoms with van der Waals surface area (Å²) in [5.74, 6) is -0.959. The molecule has 0 aliphatic carbocycles. The number of aliphatic carboxylic acids is 1. The van der Waals surface area contributed by atoms with E-state index in [1.807, 2.05) is 18.2 Å². The summed E-state index contributed by atoms with van der Waals surface area (Å²) < 4.78 is 0. The number of hydrogen-bond acceptors (Lipinski definition) is 3. The minimum Gasteiger partial charge on any atom is -0.478 e. The van der Waals surface area contributed by atoms with E-state index in [2.05, 4.69) is 30.7 Å². The van der Waals surface area contributed by atoms with Crippen LogP contribution in [0, 0.1) is 0 Å². The summed E-state index contributed by atoms with van der Waals surface area (Å²) in [5.41, 5.74) is 1.80. The van der Waals surface area contributed by atoms with E-state index in [0.29, 0.717) is 5.02 Å². The number of benzene rings is 1. The molecule has 0 radical (unpaired) electrons. The standard InChI is InChI=1S/C16H21ClN2O2/c1-16(2)11-19(10-9-18(16)3)15-12(7-8-14(20)21)5-4-6-13(15)17/h4-8H,9-11H2,1-3H3,(H,20,21)/b8-7+. The second-order valence-corrected chi connectivity index (χ2v) is 6.41. The molecule has 1 aliphatic heterocycles. The maximum atomic E-state index is 10.8. The van der Waals surface area contributed by atoms with Crippen LogP contribution < -0.4 is 4.90 Å². The Morgan fingerprint density at radius 1 is 1.38 bits per heavy atom. The first-order valence-electron chi connectivity index (χ1n) is 6.97. The molecule has 1 heterocycles. The third-order valence-corrected chi connectivity index (χ3v) is 4.36. The van der Waals surface area contributed by atoms with Crippen molar-refractivity contribution < 1.29 is 9.90 Å². The Kier molecular flexibility index (Phi) is 4.59. The van der Waals surface area contributed by atoms with E-state index in [1.165, 1.54) is 0 Å². The fraction of sp³-hybridized carbons (Fsp3) is 0.438. The molecule has 1 N–H and O–H groups in total. The highest BCUT2D eigenvalue weighted by Crippen LogP contribution is 2.34. The number of nitrogens with zero attached hydrogens (tertiary/aromatic N) is 2. The molecule has 1 aromatic carbocycles. The smallest absolute Gasteiger partial charge is 0.328 e. The number of halogens is 1. The van der Waals surface area contributed by atoms with Gasteiger partial charge < -0.3 is 10.0 Å². The normalized spacial score (nSPS) is 19.1. The maximum Gasteiger partial charge on any atom is 0.328 e. The number of hydrogen-bond donors (Lipinski definition) is 1. The molecule has 2 rings (SSSR count).